The third-order valence-corrected chi connectivity index (χ3v) is 3.67. The Bertz CT molecular complexity index is 730. The molecule has 0 bridgehead atoms. The van der Waals surface area contributed by atoms with Crippen LogP contribution in [0.2, 0.25) is 0 Å². The van der Waals surface area contributed by atoms with Gasteiger partial charge in [-0.15, -0.1) is 0 Å². The fourth-order valence-corrected chi connectivity index (χ4v) is 2.65. The molecule has 6 heteroatoms. The molecule has 0 amide bonds. The van der Waals surface area contributed by atoms with Crippen LogP contribution in [0.4, 0.5) is 0 Å². The van der Waals surface area contributed by atoms with Crippen molar-refractivity contribution in [1.82, 2.24) is 15.0 Å². The van der Waals surface area contributed by atoms with Gasteiger partial charge < -0.3 is 15.1 Å². The van der Waals surface area contributed by atoms with E-state index in [4.69, 9.17) is 0 Å². The topological polar surface area (TPSA) is 98.8 Å². The first-order valence-electron chi connectivity index (χ1n) is 6.57. The van der Waals surface area contributed by atoms with Gasteiger partial charge in [-0.2, -0.15) is 0 Å². The molecule has 0 spiro atoms. The molecule has 0 saturated carbocycles. The Kier molecular flexibility index (Phi) is 2.93. The third-order valence-electron chi connectivity index (χ3n) is 3.67. The van der Waals surface area contributed by atoms with Crippen LogP contribution >= 0.6 is 0 Å². The summed E-state index contributed by atoms with van der Waals surface area (Å²) in [5.41, 5.74) is 2.49. The minimum atomic E-state index is -0.859. The minimum absolute atomic E-state index is 0.126. The second-order valence-corrected chi connectivity index (χ2v) is 5.13. The molecule has 2 heterocycles. The summed E-state index contributed by atoms with van der Waals surface area (Å²) in [7, 11) is 0. The van der Waals surface area contributed by atoms with Crippen LogP contribution in [-0.4, -0.2) is 26.0 Å². The lowest BCUT2D eigenvalue weighted by Crippen LogP contribution is -2.17. The van der Waals surface area contributed by atoms with Crippen LogP contribution in [0.15, 0.2) is 17.1 Å². The number of carbonyl (C=O) groups is 1. The van der Waals surface area contributed by atoms with Crippen molar-refractivity contribution in [2.45, 2.75) is 32.1 Å². The van der Waals surface area contributed by atoms with Crippen LogP contribution in [-0.2, 0) is 11.2 Å². The van der Waals surface area contributed by atoms with Crippen LogP contribution in [0.3, 0.4) is 0 Å². The van der Waals surface area contributed by atoms with E-state index in [0.29, 0.717) is 23.5 Å². The predicted octanol–water partition coefficient (Wildman–Crippen LogP) is 1.58. The molecule has 0 aromatic carbocycles. The molecule has 6 nitrogen and oxygen atoms in total. The number of rotatable bonds is 2. The number of aromatic amines is 2. The van der Waals surface area contributed by atoms with Crippen molar-refractivity contribution >= 4 is 5.97 Å². The van der Waals surface area contributed by atoms with Crippen molar-refractivity contribution < 1.29 is 9.90 Å². The Hall–Kier alpha value is -2.37. The molecule has 3 N–H and O–H groups in total. The fourth-order valence-electron chi connectivity index (χ4n) is 2.65. The average Bonchev–Trinajstić information content (AvgIpc) is 2.81. The minimum Gasteiger partial charge on any atom is -0.481 e. The summed E-state index contributed by atoms with van der Waals surface area (Å²) >= 11 is 0. The highest BCUT2D eigenvalue weighted by Gasteiger charge is 2.30. The van der Waals surface area contributed by atoms with Crippen molar-refractivity contribution in [3.8, 4) is 11.4 Å². The molecule has 0 saturated heterocycles. The van der Waals surface area contributed by atoms with Crippen LogP contribution in [0.25, 0.3) is 11.4 Å². The summed E-state index contributed by atoms with van der Waals surface area (Å²) in [6, 6.07) is 1.51. The molecular weight excluding hydrogens is 258 g/mol. The first-order chi connectivity index (χ1) is 9.56. The van der Waals surface area contributed by atoms with Gasteiger partial charge in [-0.05, 0) is 26.2 Å². The summed E-state index contributed by atoms with van der Waals surface area (Å²) < 4.78 is 0. The lowest BCUT2D eigenvalue weighted by Gasteiger charge is -2.16. The Morgan fingerprint density at radius 1 is 1.50 bits per heavy atom. The number of carboxylic acid groups (broad SMARTS) is 1. The predicted molar refractivity (Wildman–Crippen MR) is 72.7 cm³/mol. The summed E-state index contributed by atoms with van der Waals surface area (Å²) in [6.07, 6.45) is 3.79. The molecule has 3 rings (SSSR count). The summed E-state index contributed by atoms with van der Waals surface area (Å²) in [5.74, 6) is -0.987. The number of aryl methyl sites for hydroxylation is 2. The number of nitrogens with one attached hydrogen (secondary N) is 2. The van der Waals surface area contributed by atoms with Crippen LogP contribution in [0.1, 0.15) is 35.8 Å². The van der Waals surface area contributed by atoms with E-state index in [1.54, 1.807) is 13.1 Å². The smallest absolute Gasteiger partial charge is 0.312 e. The zero-order valence-corrected chi connectivity index (χ0v) is 11.1. The van der Waals surface area contributed by atoms with E-state index in [-0.39, 0.29) is 5.43 Å². The quantitative estimate of drug-likeness (QED) is 0.773. The van der Waals surface area contributed by atoms with Gasteiger partial charge in [0.15, 0.2) is 5.43 Å². The first kappa shape index (κ1) is 12.7. The molecule has 104 valence electrons. The highest BCUT2D eigenvalue weighted by molar-refractivity contribution is 5.76. The van der Waals surface area contributed by atoms with Gasteiger partial charge in [-0.25, -0.2) is 4.98 Å². The first-order valence-corrected chi connectivity index (χ1v) is 6.57. The molecule has 2 aromatic heterocycles. The van der Waals surface area contributed by atoms with Gasteiger partial charge in [-0.3, -0.25) is 9.59 Å². The zero-order valence-electron chi connectivity index (χ0n) is 11.1. The standard InChI is InChI=1S/C14H15N3O3/c1-7-5-11(18)9(6-15-7)13-16-10-4-2-3-8(14(19)20)12(10)17-13/h5-6,8H,2-4H2,1H3,(H,15,18)(H,16,17)(H,19,20). The van der Waals surface area contributed by atoms with Crippen LogP contribution < -0.4 is 5.43 Å². The third kappa shape index (κ3) is 2.03. The van der Waals surface area contributed by atoms with E-state index >= 15 is 0 Å². The number of aliphatic carboxylic acids is 1. The van der Waals surface area contributed by atoms with Crippen molar-refractivity contribution in [3.05, 3.63) is 39.6 Å². The van der Waals surface area contributed by atoms with E-state index in [9.17, 15) is 14.7 Å². The number of fused-ring (bicyclic) bond motifs is 1. The van der Waals surface area contributed by atoms with Gasteiger partial charge >= 0.3 is 5.97 Å². The molecule has 0 aliphatic heterocycles. The van der Waals surface area contributed by atoms with Crippen LogP contribution in [0, 0.1) is 6.92 Å². The second-order valence-electron chi connectivity index (χ2n) is 5.13. The summed E-state index contributed by atoms with van der Waals surface area (Å²) in [4.78, 5) is 33.7. The Balaban J connectivity index is 2.09. The van der Waals surface area contributed by atoms with Gasteiger partial charge in [-0.1, -0.05) is 0 Å². The van der Waals surface area contributed by atoms with E-state index in [1.807, 2.05) is 0 Å². The number of hydrogen-bond donors (Lipinski definition) is 3. The van der Waals surface area contributed by atoms with Crippen molar-refractivity contribution in [1.29, 1.82) is 0 Å². The highest BCUT2D eigenvalue weighted by Crippen LogP contribution is 2.31. The van der Waals surface area contributed by atoms with Gasteiger partial charge in [0.1, 0.15) is 11.7 Å². The van der Waals surface area contributed by atoms with Gasteiger partial charge in [0.05, 0.1) is 11.3 Å². The highest BCUT2D eigenvalue weighted by atomic mass is 16.4. The normalized spacial score (nSPS) is 17.8. The SMILES string of the molecule is Cc1cc(=O)c(-c2nc3c([nH]2)CCCC3C(=O)O)c[nH]1. The Morgan fingerprint density at radius 3 is 3.00 bits per heavy atom. The van der Waals surface area contributed by atoms with Crippen molar-refractivity contribution in [2.75, 3.05) is 0 Å². The molecule has 1 aliphatic carbocycles. The molecule has 2 aromatic rings. The average molecular weight is 273 g/mol. The Labute approximate surface area is 114 Å². The zero-order chi connectivity index (χ0) is 14.3. The van der Waals surface area contributed by atoms with E-state index < -0.39 is 11.9 Å². The maximum absolute atomic E-state index is 12.0. The number of carboxylic acids is 1. The lowest BCUT2D eigenvalue weighted by atomic mass is 9.90. The van der Waals surface area contributed by atoms with Gasteiger partial charge in [0, 0.05) is 23.7 Å². The maximum atomic E-state index is 12.0. The number of imidazole rings is 1. The van der Waals surface area contributed by atoms with Gasteiger partial charge in [0.25, 0.3) is 0 Å². The van der Waals surface area contributed by atoms with E-state index in [1.165, 1.54) is 6.07 Å². The summed E-state index contributed by atoms with van der Waals surface area (Å²) in [6.45, 7) is 1.80. The lowest BCUT2D eigenvalue weighted by molar-refractivity contribution is -0.139. The largest absolute Gasteiger partial charge is 0.481 e. The number of nitrogens with zero attached hydrogens (tertiary/aromatic N) is 1. The number of hydrogen-bond acceptors (Lipinski definition) is 3. The second kappa shape index (κ2) is 4.63. The maximum Gasteiger partial charge on any atom is 0.312 e. The number of pyridine rings is 1. The van der Waals surface area contributed by atoms with E-state index in [0.717, 1.165) is 24.2 Å². The molecule has 1 atom stereocenters. The Morgan fingerprint density at radius 2 is 2.30 bits per heavy atom. The monoisotopic (exact) mass is 273 g/mol. The fraction of sp³-hybridized carbons (Fsp3) is 0.357. The summed E-state index contributed by atoms with van der Waals surface area (Å²) in [5, 5.41) is 9.23. The molecule has 1 unspecified atom stereocenters. The van der Waals surface area contributed by atoms with Crippen LogP contribution in [0.5, 0.6) is 0 Å². The van der Waals surface area contributed by atoms with Gasteiger partial charge in [0.2, 0.25) is 0 Å². The molecule has 20 heavy (non-hydrogen) atoms. The van der Waals surface area contributed by atoms with Crippen molar-refractivity contribution in [2.24, 2.45) is 0 Å². The molecule has 0 radical (unpaired) electrons. The number of H-pyrrole nitrogens is 2. The van der Waals surface area contributed by atoms with Crippen molar-refractivity contribution in [3.63, 3.8) is 0 Å². The molecule has 1 aliphatic rings. The molecular formula is C14H15N3O3. The van der Waals surface area contributed by atoms with E-state index in [2.05, 4.69) is 15.0 Å². The number of aromatic nitrogens is 3. The molecule has 0 fully saturated rings.